The van der Waals surface area contributed by atoms with Gasteiger partial charge < -0.3 is 10.7 Å². The topological polar surface area (TPSA) is 113 Å². The number of carbonyl (C=O) groups excluding carboxylic acids is 1. The molecule has 1 aliphatic heterocycles. The number of nitrogens with one attached hydrogen (secondary N) is 2. The van der Waals surface area contributed by atoms with E-state index in [0.29, 0.717) is 22.2 Å². The molecule has 9 heteroatoms. The number of H-pyrrole nitrogens is 1. The van der Waals surface area contributed by atoms with Crippen LogP contribution in [0.2, 0.25) is 0 Å². The quantitative estimate of drug-likeness (QED) is 0.481. The molecule has 1 aromatic carbocycles. The maximum absolute atomic E-state index is 12.8. The zero-order valence-electron chi connectivity index (χ0n) is 15.6. The molecule has 3 aromatic heterocycles. The third kappa shape index (κ3) is 3.57. The zero-order valence-corrected chi connectivity index (χ0v) is 16.4. The molecule has 29 heavy (non-hydrogen) atoms. The number of aromatic amines is 1. The highest BCUT2D eigenvalue weighted by atomic mass is 32.1. The van der Waals surface area contributed by atoms with Crippen LogP contribution >= 0.6 is 11.3 Å². The molecule has 0 aliphatic carbocycles. The van der Waals surface area contributed by atoms with E-state index in [-0.39, 0.29) is 5.91 Å². The van der Waals surface area contributed by atoms with E-state index in [1.54, 1.807) is 18.3 Å². The molecule has 0 unspecified atom stereocenters. The molecule has 5 rings (SSSR count). The second kappa shape index (κ2) is 7.26. The Morgan fingerprint density at radius 2 is 2.21 bits per heavy atom. The Bertz CT molecular complexity index is 1180. The van der Waals surface area contributed by atoms with Crippen LogP contribution in [0.5, 0.6) is 0 Å². The number of imidazole rings is 1. The number of aromatic nitrogens is 4. The van der Waals surface area contributed by atoms with Crippen molar-refractivity contribution < 1.29 is 4.79 Å². The van der Waals surface area contributed by atoms with Crippen LogP contribution in [0.4, 0.5) is 11.1 Å². The van der Waals surface area contributed by atoms with E-state index in [0.717, 1.165) is 37.3 Å². The molecule has 4 heterocycles. The van der Waals surface area contributed by atoms with Gasteiger partial charge in [0.05, 0.1) is 16.8 Å². The Balaban J connectivity index is 1.32. The molecule has 0 bridgehead atoms. The average molecular weight is 405 g/mol. The van der Waals surface area contributed by atoms with Gasteiger partial charge in [-0.15, -0.1) is 11.3 Å². The van der Waals surface area contributed by atoms with Crippen molar-refractivity contribution in [2.75, 3.05) is 17.6 Å². The molecule has 1 amide bonds. The molecular formula is C20H19N7OS. The molecular weight excluding hydrogens is 386 g/mol. The van der Waals surface area contributed by atoms with Crippen LogP contribution in [-0.2, 0) is 19.5 Å². The fourth-order valence-electron chi connectivity index (χ4n) is 3.59. The van der Waals surface area contributed by atoms with Crippen molar-refractivity contribution in [3.05, 3.63) is 64.4 Å². The highest BCUT2D eigenvalue weighted by molar-refractivity contribution is 7.15. The fraction of sp³-hybridized carbons (Fsp3) is 0.200. The van der Waals surface area contributed by atoms with Gasteiger partial charge in [0, 0.05) is 43.3 Å². The predicted molar refractivity (Wildman–Crippen MR) is 113 cm³/mol. The first-order valence-electron chi connectivity index (χ1n) is 9.31. The number of thiazole rings is 1. The summed E-state index contributed by atoms with van der Waals surface area (Å²) in [4.78, 5) is 32.4. The first-order valence-corrected chi connectivity index (χ1v) is 10.1. The molecule has 0 spiro atoms. The number of nitrogen functional groups attached to an aromatic ring is 1. The van der Waals surface area contributed by atoms with Crippen molar-refractivity contribution in [2.45, 2.75) is 19.5 Å². The summed E-state index contributed by atoms with van der Waals surface area (Å²) in [6, 6.07) is 9.43. The number of anilines is 2. The van der Waals surface area contributed by atoms with E-state index in [9.17, 15) is 4.79 Å². The van der Waals surface area contributed by atoms with Crippen LogP contribution in [0.1, 0.15) is 26.5 Å². The molecule has 146 valence electrons. The SMILES string of the molecule is Nc1nc2c(C(=O)Nc3nc4c(s3)CN(Cc3cccnc3)CC4)cccc2[nH]1. The number of nitrogens with zero attached hydrogens (tertiary/aromatic N) is 4. The van der Waals surface area contributed by atoms with Gasteiger partial charge >= 0.3 is 0 Å². The number of benzene rings is 1. The summed E-state index contributed by atoms with van der Waals surface area (Å²) in [6.07, 6.45) is 4.55. The number of nitrogens with two attached hydrogens (primary N) is 1. The minimum absolute atomic E-state index is 0.236. The van der Waals surface area contributed by atoms with Crippen molar-refractivity contribution in [1.82, 2.24) is 24.8 Å². The predicted octanol–water partition coefficient (Wildman–Crippen LogP) is 2.81. The molecule has 4 N–H and O–H groups in total. The summed E-state index contributed by atoms with van der Waals surface area (Å²) >= 11 is 1.53. The van der Waals surface area contributed by atoms with E-state index >= 15 is 0 Å². The van der Waals surface area contributed by atoms with Crippen molar-refractivity contribution in [1.29, 1.82) is 0 Å². The standard InChI is InChI=1S/C20H19N7OS/c21-19-23-15-5-1-4-13(17(15)25-19)18(28)26-20-24-14-6-8-27(11-16(14)29-20)10-12-3-2-7-22-9-12/h1-5,7,9H,6,8,10-11H2,(H3,21,23,25)(H,24,26,28). The van der Waals surface area contributed by atoms with Gasteiger partial charge in [-0.25, -0.2) is 9.97 Å². The molecule has 0 radical (unpaired) electrons. The van der Waals surface area contributed by atoms with Gasteiger partial charge in [0.25, 0.3) is 5.91 Å². The number of hydrogen-bond acceptors (Lipinski definition) is 7. The molecule has 0 saturated carbocycles. The molecule has 0 saturated heterocycles. The summed E-state index contributed by atoms with van der Waals surface area (Å²) in [5.74, 6) is 0.0547. The fourth-order valence-corrected chi connectivity index (χ4v) is 4.63. The summed E-state index contributed by atoms with van der Waals surface area (Å²) in [5, 5.41) is 3.54. The zero-order chi connectivity index (χ0) is 19.8. The van der Waals surface area contributed by atoms with Crippen LogP contribution in [0, 0.1) is 0 Å². The number of pyridine rings is 1. The third-order valence-electron chi connectivity index (χ3n) is 4.94. The van der Waals surface area contributed by atoms with Gasteiger partial charge in [0.1, 0.15) is 5.52 Å². The van der Waals surface area contributed by atoms with Gasteiger partial charge in [-0.2, -0.15) is 0 Å². The highest BCUT2D eigenvalue weighted by Gasteiger charge is 2.22. The Morgan fingerprint density at radius 1 is 1.28 bits per heavy atom. The van der Waals surface area contributed by atoms with E-state index in [4.69, 9.17) is 5.73 Å². The van der Waals surface area contributed by atoms with Crippen LogP contribution in [0.25, 0.3) is 11.0 Å². The van der Waals surface area contributed by atoms with Gasteiger partial charge in [-0.1, -0.05) is 12.1 Å². The number of fused-ring (bicyclic) bond motifs is 2. The Labute approximate surface area is 170 Å². The van der Waals surface area contributed by atoms with Crippen LogP contribution in [-0.4, -0.2) is 37.3 Å². The van der Waals surface area contributed by atoms with Crippen molar-refractivity contribution in [3.8, 4) is 0 Å². The molecule has 4 aromatic rings. The van der Waals surface area contributed by atoms with Crippen LogP contribution in [0.15, 0.2) is 42.7 Å². The summed E-state index contributed by atoms with van der Waals surface area (Å²) in [5.41, 5.74) is 9.76. The number of rotatable bonds is 4. The Kier molecular flexibility index (Phi) is 4.45. The van der Waals surface area contributed by atoms with Gasteiger partial charge in [-0.3, -0.25) is 20.0 Å². The second-order valence-electron chi connectivity index (χ2n) is 6.99. The lowest BCUT2D eigenvalue weighted by atomic mass is 10.1. The van der Waals surface area contributed by atoms with Gasteiger partial charge in [-0.05, 0) is 23.8 Å². The monoisotopic (exact) mass is 405 g/mol. The van der Waals surface area contributed by atoms with Crippen LogP contribution in [0.3, 0.4) is 0 Å². The van der Waals surface area contributed by atoms with Gasteiger partial charge in [0.15, 0.2) is 11.1 Å². The molecule has 8 nitrogen and oxygen atoms in total. The Morgan fingerprint density at radius 3 is 3.07 bits per heavy atom. The molecule has 1 aliphatic rings. The van der Waals surface area contributed by atoms with Crippen LogP contribution < -0.4 is 11.1 Å². The van der Waals surface area contributed by atoms with E-state index in [2.05, 4.69) is 36.2 Å². The lowest BCUT2D eigenvalue weighted by Crippen LogP contribution is -2.29. The lowest BCUT2D eigenvalue weighted by Gasteiger charge is -2.25. The van der Waals surface area contributed by atoms with E-state index in [1.807, 2.05) is 18.3 Å². The summed E-state index contributed by atoms with van der Waals surface area (Å²) < 4.78 is 0. The average Bonchev–Trinajstić information content (AvgIpc) is 3.29. The maximum Gasteiger partial charge on any atom is 0.259 e. The number of para-hydroxylation sites is 1. The van der Waals surface area contributed by atoms with Crippen molar-refractivity contribution >= 4 is 39.4 Å². The van der Waals surface area contributed by atoms with Crippen molar-refractivity contribution in [3.63, 3.8) is 0 Å². The third-order valence-corrected chi connectivity index (χ3v) is 5.93. The first-order chi connectivity index (χ1) is 14.2. The summed E-state index contributed by atoms with van der Waals surface area (Å²) in [7, 11) is 0. The number of amides is 1. The lowest BCUT2D eigenvalue weighted by molar-refractivity contribution is 0.102. The largest absolute Gasteiger partial charge is 0.369 e. The number of hydrogen-bond donors (Lipinski definition) is 3. The van der Waals surface area contributed by atoms with Gasteiger partial charge in [0.2, 0.25) is 0 Å². The highest BCUT2D eigenvalue weighted by Crippen LogP contribution is 2.29. The van der Waals surface area contributed by atoms with E-state index in [1.165, 1.54) is 21.8 Å². The first kappa shape index (κ1) is 17.8. The Hall–Kier alpha value is -3.30. The van der Waals surface area contributed by atoms with E-state index < -0.39 is 0 Å². The molecule has 0 fully saturated rings. The minimum Gasteiger partial charge on any atom is -0.369 e. The minimum atomic E-state index is -0.236. The second-order valence-corrected chi connectivity index (χ2v) is 8.07. The molecule has 0 atom stereocenters. The normalized spacial score (nSPS) is 14.1. The summed E-state index contributed by atoms with van der Waals surface area (Å²) in [6.45, 7) is 2.61. The maximum atomic E-state index is 12.8. The number of carbonyl (C=O) groups is 1. The smallest absolute Gasteiger partial charge is 0.259 e. The van der Waals surface area contributed by atoms with Crippen molar-refractivity contribution in [2.24, 2.45) is 0 Å².